The third kappa shape index (κ3) is 3.31. The summed E-state index contributed by atoms with van der Waals surface area (Å²) in [5.74, 6) is -0.394. The number of ether oxygens (including phenoxy) is 1. The van der Waals surface area contributed by atoms with E-state index < -0.39 is 4.92 Å². The van der Waals surface area contributed by atoms with E-state index in [0.717, 1.165) is 0 Å². The van der Waals surface area contributed by atoms with E-state index in [9.17, 15) is 19.7 Å². The highest BCUT2D eigenvalue weighted by molar-refractivity contribution is 5.83. The maximum absolute atomic E-state index is 12.5. The third-order valence-electron chi connectivity index (χ3n) is 3.35. The predicted molar refractivity (Wildman–Crippen MR) is 84.8 cm³/mol. The van der Waals surface area contributed by atoms with E-state index in [2.05, 4.69) is 5.32 Å². The van der Waals surface area contributed by atoms with Gasteiger partial charge >= 0.3 is 0 Å². The summed E-state index contributed by atoms with van der Waals surface area (Å²) in [4.78, 5) is 34.2. The molecule has 2 aromatic rings. The molecule has 23 heavy (non-hydrogen) atoms. The van der Waals surface area contributed by atoms with Crippen molar-refractivity contribution in [2.75, 3.05) is 13.7 Å². The molecule has 1 aromatic carbocycles. The number of amides is 1. The molecule has 1 N–H and O–H groups in total. The van der Waals surface area contributed by atoms with Crippen molar-refractivity contribution in [3.8, 4) is 5.75 Å². The average molecular weight is 319 g/mol. The Labute approximate surface area is 131 Å². The Morgan fingerprint density at radius 3 is 2.65 bits per heavy atom. The normalized spacial score (nSPS) is 10.8. The van der Waals surface area contributed by atoms with Crippen molar-refractivity contribution >= 4 is 22.5 Å². The first-order valence-electron chi connectivity index (χ1n) is 7.02. The molecule has 0 saturated carbocycles. The molecule has 0 saturated heterocycles. The second-order valence-electron chi connectivity index (χ2n) is 5.24. The number of likely N-dealkylation sites (N-methyl/N-ethyl adjacent to an activating group) is 1. The molecule has 0 aliphatic heterocycles. The molecule has 1 aromatic heterocycles. The number of rotatable bonds is 5. The van der Waals surface area contributed by atoms with E-state index in [0.29, 0.717) is 10.9 Å². The van der Waals surface area contributed by atoms with Crippen molar-refractivity contribution in [2.45, 2.75) is 19.9 Å². The number of non-ortho nitro benzene ring substituents is 1. The molecular formula is C15H17N3O5. The number of nitrogens with zero attached hydrogens (tertiary/aromatic N) is 2. The number of benzene rings is 1. The standard InChI is InChI=1S/C15H17N3O5/c1-9(2)17-12-5-4-11(18(21)22)6-10(12)7-13(15(17)20)23-8-14(19)16-3/h4-7,9H,8H2,1-3H3,(H,16,19). The first-order chi connectivity index (χ1) is 10.8. The van der Waals surface area contributed by atoms with Crippen molar-refractivity contribution in [2.24, 2.45) is 0 Å². The van der Waals surface area contributed by atoms with Crippen LogP contribution in [-0.4, -0.2) is 29.1 Å². The lowest BCUT2D eigenvalue weighted by atomic mass is 10.1. The second-order valence-corrected chi connectivity index (χ2v) is 5.24. The van der Waals surface area contributed by atoms with Crippen LogP contribution in [0, 0.1) is 10.1 Å². The molecule has 0 fully saturated rings. The fraction of sp³-hybridized carbons (Fsp3) is 0.333. The molecule has 1 heterocycles. The van der Waals surface area contributed by atoms with Crippen LogP contribution in [0.15, 0.2) is 29.1 Å². The summed E-state index contributed by atoms with van der Waals surface area (Å²) in [5, 5.41) is 13.8. The van der Waals surface area contributed by atoms with Crippen LogP contribution in [0.4, 0.5) is 5.69 Å². The van der Waals surface area contributed by atoms with Crippen LogP contribution in [-0.2, 0) is 4.79 Å². The van der Waals surface area contributed by atoms with Crippen LogP contribution in [0.3, 0.4) is 0 Å². The highest BCUT2D eigenvalue weighted by atomic mass is 16.6. The van der Waals surface area contributed by atoms with Gasteiger partial charge in [-0.2, -0.15) is 0 Å². The number of nitrogens with one attached hydrogen (secondary N) is 1. The van der Waals surface area contributed by atoms with E-state index in [1.807, 2.05) is 13.8 Å². The molecule has 0 unspecified atom stereocenters. The maximum atomic E-state index is 12.5. The van der Waals surface area contributed by atoms with Gasteiger partial charge in [-0.15, -0.1) is 0 Å². The Hall–Kier alpha value is -2.90. The fourth-order valence-electron chi connectivity index (χ4n) is 2.25. The highest BCUT2D eigenvalue weighted by Crippen LogP contribution is 2.24. The highest BCUT2D eigenvalue weighted by Gasteiger charge is 2.16. The summed E-state index contributed by atoms with van der Waals surface area (Å²) < 4.78 is 6.76. The minimum Gasteiger partial charge on any atom is -0.478 e. The molecule has 0 aliphatic carbocycles. The Morgan fingerprint density at radius 2 is 2.09 bits per heavy atom. The zero-order chi connectivity index (χ0) is 17.1. The summed E-state index contributed by atoms with van der Waals surface area (Å²) in [5.41, 5.74) is 0.108. The number of carbonyl (C=O) groups excluding carboxylic acids is 1. The van der Waals surface area contributed by atoms with Crippen LogP contribution in [0.2, 0.25) is 0 Å². The van der Waals surface area contributed by atoms with Crippen molar-refractivity contribution in [3.63, 3.8) is 0 Å². The van der Waals surface area contributed by atoms with Gasteiger partial charge in [0.15, 0.2) is 12.4 Å². The number of nitro benzene ring substituents is 1. The monoisotopic (exact) mass is 319 g/mol. The lowest BCUT2D eigenvalue weighted by molar-refractivity contribution is -0.384. The first-order valence-corrected chi connectivity index (χ1v) is 7.02. The van der Waals surface area contributed by atoms with E-state index in [1.54, 1.807) is 0 Å². The van der Waals surface area contributed by atoms with Gasteiger partial charge in [-0.25, -0.2) is 0 Å². The Balaban J connectivity index is 2.63. The maximum Gasteiger partial charge on any atom is 0.293 e. The van der Waals surface area contributed by atoms with E-state index in [-0.39, 0.29) is 35.6 Å². The van der Waals surface area contributed by atoms with Gasteiger partial charge in [0.25, 0.3) is 17.2 Å². The summed E-state index contributed by atoms with van der Waals surface area (Å²) >= 11 is 0. The number of carbonyl (C=O) groups is 1. The van der Waals surface area contributed by atoms with Gasteiger partial charge in [0.1, 0.15) is 0 Å². The fourth-order valence-corrected chi connectivity index (χ4v) is 2.25. The smallest absolute Gasteiger partial charge is 0.293 e. The molecule has 0 bridgehead atoms. The molecule has 0 aliphatic rings. The van der Waals surface area contributed by atoms with Crippen molar-refractivity contribution in [3.05, 3.63) is 44.7 Å². The van der Waals surface area contributed by atoms with Crippen LogP contribution in [0.5, 0.6) is 5.75 Å². The van der Waals surface area contributed by atoms with Crippen LogP contribution in [0.1, 0.15) is 19.9 Å². The Morgan fingerprint density at radius 1 is 1.39 bits per heavy atom. The van der Waals surface area contributed by atoms with Crippen LogP contribution in [0.25, 0.3) is 10.9 Å². The first kappa shape index (κ1) is 16.5. The zero-order valence-corrected chi connectivity index (χ0v) is 13.0. The van der Waals surface area contributed by atoms with Crippen molar-refractivity contribution in [1.82, 2.24) is 9.88 Å². The van der Waals surface area contributed by atoms with Gasteiger partial charge < -0.3 is 14.6 Å². The number of hydrogen-bond donors (Lipinski definition) is 1. The molecule has 0 spiro atoms. The summed E-state index contributed by atoms with van der Waals surface area (Å²) in [6, 6.07) is 5.52. The predicted octanol–water partition coefficient (Wildman–Crippen LogP) is 1.62. The molecule has 8 heteroatoms. The quantitative estimate of drug-likeness (QED) is 0.666. The van der Waals surface area contributed by atoms with Gasteiger partial charge in [0.2, 0.25) is 0 Å². The average Bonchev–Trinajstić information content (AvgIpc) is 2.51. The molecule has 0 atom stereocenters. The molecule has 0 radical (unpaired) electrons. The Kier molecular flexibility index (Phi) is 4.63. The SMILES string of the molecule is CNC(=O)COc1cc2cc([N+](=O)[O-])ccc2n(C(C)C)c1=O. The van der Waals surface area contributed by atoms with E-state index in [1.165, 1.54) is 35.9 Å². The van der Waals surface area contributed by atoms with Gasteiger partial charge in [-0.3, -0.25) is 19.7 Å². The van der Waals surface area contributed by atoms with Crippen LogP contribution >= 0.6 is 0 Å². The lowest BCUT2D eigenvalue weighted by Gasteiger charge is -2.16. The Bertz CT molecular complexity index is 826. The summed E-state index contributed by atoms with van der Waals surface area (Å²) in [6.45, 7) is 3.35. The number of pyridine rings is 1. The van der Waals surface area contributed by atoms with Gasteiger partial charge in [0, 0.05) is 30.6 Å². The number of hydrogen-bond acceptors (Lipinski definition) is 5. The van der Waals surface area contributed by atoms with Crippen LogP contribution < -0.4 is 15.6 Å². The van der Waals surface area contributed by atoms with Crippen molar-refractivity contribution in [1.29, 1.82) is 0 Å². The summed E-state index contributed by atoms with van der Waals surface area (Å²) in [6.07, 6.45) is 0. The second kappa shape index (κ2) is 6.47. The molecule has 122 valence electrons. The molecule has 1 amide bonds. The topological polar surface area (TPSA) is 103 Å². The number of fused-ring (bicyclic) bond motifs is 1. The molecule has 8 nitrogen and oxygen atoms in total. The lowest BCUT2D eigenvalue weighted by Crippen LogP contribution is -2.29. The van der Waals surface area contributed by atoms with Gasteiger partial charge in [0.05, 0.1) is 10.4 Å². The van der Waals surface area contributed by atoms with E-state index >= 15 is 0 Å². The minimum absolute atomic E-state index is 0.0182. The number of aromatic nitrogens is 1. The third-order valence-corrected chi connectivity index (χ3v) is 3.35. The minimum atomic E-state index is -0.505. The largest absolute Gasteiger partial charge is 0.478 e. The van der Waals surface area contributed by atoms with E-state index in [4.69, 9.17) is 4.74 Å². The summed E-state index contributed by atoms with van der Waals surface area (Å²) in [7, 11) is 1.46. The molecule has 2 rings (SSSR count). The zero-order valence-electron chi connectivity index (χ0n) is 13.0. The molecular weight excluding hydrogens is 302 g/mol. The number of nitro groups is 1. The van der Waals surface area contributed by atoms with Gasteiger partial charge in [-0.1, -0.05) is 0 Å². The van der Waals surface area contributed by atoms with Gasteiger partial charge in [-0.05, 0) is 26.0 Å². The van der Waals surface area contributed by atoms with Crippen molar-refractivity contribution < 1.29 is 14.5 Å².